The summed E-state index contributed by atoms with van der Waals surface area (Å²) in [6.45, 7) is 0. The summed E-state index contributed by atoms with van der Waals surface area (Å²) in [6, 6.07) is 0. The first-order chi connectivity index (χ1) is 1.41. The van der Waals surface area contributed by atoms with Crippen molar-refractivity contribution in [3.63, 3.8) is 0 Å². The van der Waals surface area contributed by atoms with Crippen molar-refractivity contribution in [2.75, 3.05) is 0 Å². The Bertz CT molecular complexity index is 15.1. The molecule has 0 fully saturated rings. The van der Waals surface area contributed by atoms with Gasteiger partial charge in [-0.25, -0.2) is 0 Å². The molecular weight excluding hydrogens is 259 g/mol. The second-order valence-electron chi connectivity index (χ2n) is 0.0833. The summed E-state index contributed by atoms with van der Waals surface area (Å²) in [5.41, 5.74) is 0. The van der Waals surface area contributed by atoms with Crippen LogP contribution in [0, 0.1) is 10.1 Å². The first kappa shape index (κ1) is 17.2. The molecule has 5 heavy (non-hydrogen) atoms. The molecule has 0 amide bonds. The van der Waals surface area contributed by atoms with Crippen molar-refractivity contribution in [1.82, 2.24) is 0 Å². The smallest absolute Gasteiger partial charge is 0.00366 e. The second kappa shape index (κ2) is 22.0. The van der Waals surface area contributed by atoms with E-state index >= 15 is 0 Å². The van der Waals surface area contributed by atoms with Gasteiger partial charge in [-0.05, 0) is 0 Å². The number of hydrogen-bond acceptors (Lipinski definition) is 2. The van der Waals surface area contributed by atoms with E-state index in [4.69, 9.17) is 10.1 Å². The molecule has 0 aromatic rings. The van der Waals surface area contributed by atoms with Crippen LogP contribution in [-0.4, -0.2) is 0 Å². The standard InChI is InChI=1S/HNO2.2Pd/c2-1-3;;/h1H;;. The van der Waals surface area contributed by atoms with Crippen LogP contribution in [0.2, 0.25) is 0 Å². The molecule has 5 heteroatoms. The van der Waals surface area contributed by atoms with Crippen molar-refractivity contribution in [3.05, 3.63) is 10.1 Å². The molecule has 3 nitrogen and oxygen atoms in total. The zero-order chi connectivity index (χ0) is 2.71. The minimum absolute atomic E-state index is 0. The molecule has 0 unspecified atom stereocenters. The van der Waals surface area contributed by atoms with E-state index in [2.05, 4.69) is 0 Å². The SMILES string of the molecule is O=[NH+][O-].[Pd].[Pd]. The predicted octanol–water partition coefficient (Wildman–Crippen LogP) is -1.67. The summed E-state index contributed by atoms with van der Waals surface area (Å²) in [4.78, 5) is 8.12. The Kier molecular flexibility index (Phi) is 75.9. The fraction of sp³-hybridized carbons (Fsp3) is 0. The average molecular weight is 260 g/mol. The molecule has 0 rings (SSSR count). The van der Waals surface area contributed by atoms with E-state index in [1.807, 2.05) is 0 Å². The quantitative estimate of drug-likeness (QED) is 0.321. The summed E-state index contributed by atoms with van der Waals surface area (Å²) in [5.74, 6) is 0. The number of nitrogens with one attached hydrogen (secondary N) is 1. The first-order valence-corrected chi connectivity index (χ1v) is 0.408. The van der Waals surface area contributed by atoms with Gasteiger partial charge in [0.15, 0.2) is 0 Å². The third-order valence-corrected chi connectivity index (χ3v) is 0. The minimum Gasteiger partial charge on any atom is -0.267 e. The topological polar surface area (TPSA) is 54.1 Å². The van der Waals surface area contributed by atoms with Gasteiger partial charge in [0.05, 0.1) is 0 Å². The normalized spacial score (nSPS) is 2.40. The Morgan fingerprint density at radius 1 is 1.40 bits per heavy atom. The fourth-order valence-corrected chi connectivity index (χ4v) is 0. The average Bonchev–Trinajstić information content (AvgIpc) is 0.918. The van der Waals surface area contributed by atoms with Gasteiger partial charge in [0.1, 0.15) is 0 Å². The van der Waals surface area contributed by atoms with E-state index in [0.29, 0.717) is 0 Å². The van der Waals surface area contributed by atoms with E-state index in [1.165, 1.54) is 0 Å². The maximum absolute atomic E-state index is 8.12. The fourth-order valence-electron chi connectivity index (χ4n) is 0. The van der Waals surface area contributed by atoms with Crippen LogP contribution in [0.3, 0.4) is 0 Å². The minimum atomic E-state index is 0. The van der Waals surface area contributed by atoms with Gasteiger partial charge in [-0.1, -0.05) is 0 Å². The molecule has 0 aliphatic heterocycles. The maximum Gasteiger partial charge on any atom is 0.00366 e. The van der Waals surface area contributed by atoms with E-state index in [-0.39, 0.29) is 46.2 Å². The van der Waals surface area contributed by atoms with E-state index < -0.39 is 0 Å². The molecule has 0 radical (unpaired) electrons. The van der Waals surface area contributed by atoms with Gasteiger partial charge in [0, 0.05) is 46.2 Å². The summed E-state index contributed by atoms with van der Waals surface area (Å²) >= 11 is 0. The van der Waals surface area contributed by atoms with Crippen molar-refractivity contribution in [1.29, 1.82) is 0 Å². The molecule has 0 saturated carbocycles. The van der Waals surface area contributed by atoms with Crippen LogP contribution < -0.4 is 5.34 Å². The molecule has 1 N–H and O–H groups in total. The Balaban J connectivity index is -0.0000000200. The van der Waals surface area contributed by atoms with Gasteiger partial charge in [-0.2, -0.15) is 0 Å². The Morgan fingerprint density at radius 2 is 1.40 bits per heavy atom. The van der Waals surface area contributed by atoms with Gasteiger partial charge >= 0.3 is 0 Å². The van der Waals surface area contributed by atoms with Crippen molar-refractivity contribution in [2.45, 2.75) is 0 Å². The molecule has 0 aliphatic rings. The van der Waals surface area contributed by atoms with Crippen molar-refractivity contribution >= 4 is 0 Å². The van der Waals surface area contributed by atoms with Crippen LogP contribution >= 0.6 is 0 Å². The molecular formula is HNO2Pd2. The van der Waals surface area contributed by atoms with Gasteiger partial charge in [0.25, 0.3) is 0 Å². The van der Waals surface area contributed by atoms with Gasteiger partial charge in [0.2, 0.25) is 0 Å². The molecule has 0 aliphatic carbocycles. The van der Waals surface area contributed by atoms with Crippen molar-refractivity contribution in [3.8, 4) is 0 Å². The molecule has 0 atom stereocenters. The van der Waals surface area contributed by atoms with Crippen LogP contribution in [0.4, 0.5) is 0 Å². The summed E-state index contributed by atoms with van der Waals surface area (Å²) < 4.78 is 0. The third-order valence-electron chi connectivity index (χ3n) is 0. The molecule has 0 aromatic carbocycles. The molecule has 0 aromatic heterocycles. The maximum atomic E-state index is 8.12. The van der Waals surface area contributed by atoms with Gasteiger partial charge < -0.3 is 0 Å². The molecule has 0 bridgehead atoms. The molecule has 0 saturated heterocycles. The van der Waals surface area contributed by atoms with E-state index in [1.54, 1.807) is 0 Å². The van der Waals surface area contributed by atoms with Crippen LogP contribution in [0.15, 0.2) is 0 Å². The summed E-state index contributed by atoms with van der Waals surface area (Å²) in [6.07, 6.45) is 0. The van der Waals surface area contributed by atoms with Crippen molar-refractivity contribution < 1.29 is 46.2 Å². The van der Waals surface area contributed by atoms with Crippen LogP contribution in [0.5, 0.6) is 0 Å². The number of hydrogen-bond donors (Lipinski definition) is 1. The summed E-state index contributed by atoms with van der Waals surface area (Å²) in [7, 11) is 0. The van der Waals surface area contributed by atoms with Gasteiger partial charge in [-0.15, -0.1) is 0 Å². The zero-order valence-electron chi connectivity index (χ0n) is 1.95. The third kappa shape index (κ3) is 66.8. The first-order valence-electron chi connectivity index (χ1n) is 0.408. The largest absolute Gasteiger partial charge is 0.267 e. The zero-order valence-corrected chi connectivity index (χ0v) is 5.06. The van der Waals surface area contributed by atoms with Crippen LogP contribution in [-0.2, 0) is 40.8 Å². The van der Waals surface area contributed by atoms with Crippen LogP contribution in [0.1, 0.15) is 0 Å². The molecule has 0 heterocycles. The van der Waals surface area contributed by atoms with E-state index in [9.17, 15) is 0 Å². The van der Waals surface area contributed by atoms with Crippen LogP contribution in [0.25, 0.3) is 0 Å². The Labute approximate surface area is 56.4 Å². The van der Waals surface area contributed by atoms with Crippen molar-refractivity contribution in [2.24, 2.45) is 0 Å². The Hall–Kier alpha value is 0.725. The Morgan fingerprint density at radius 3 is 1.40 bits per heavy atom. The van der Waals surface area contributed by atoms with E-state index in [0.717, 1.165) is 0 Å². The van der Waals surface area contributed by atoms with Gasteiger partial charge in [-0.3, -0.25) is 10.1 Å². The molecule has 0 spiro atoms. The summed E-state index contributed by atoms with van der Waals surface area (Å²) in [5, 5.41) is 8.38. The number of rotatable bonds is 0. The molecule has 38 valence electrons. The second-order valence-corrected chi connectivity index (χ2v) is 0.0833. The monoisotopic (exact) mass is 259 g/mol. The predicted molar refractivity (Wildman–Crippen MR) is 7.70 cm³/mol.